The molecule has 0 spiro atoms. The molecule has 142 valence electrons. The molecule has 0 aliphatic rings. The van der Waals surface area contributed by atoms with E-state index in [1.165, 1.54) is 24.3 Å². The minimum atomic E-state index is -6.18. The zero-order valence-corrected chi connectivity index (χ0v) is 13.0. The molecule has 3 nitrogen and oxygen atoms in total. The topological polar surface area (TPSA) is 39.2 Å². The highest BCUT2D eigenvalue weighted by Gasteiger charge is 2.67. The van der Waals surface area contributed by atoms with E-state index in [2.05, 4.69) is 9.72 Å². The van der Waals surface area contributed by atoms with Gasteiger partial charge in [0.1, 0.15) is 5.82 Å². The lowest BCUT2D eigenvalue weighted by molar-refractivity contribution is -0.349. The quantitative estimate of drug-likeness (QED) is 0.351. The Labute approximate surface area is 146 Å². The van der Waals surface area contributed by atoms with Gasteiger partial charge in [0.25, 0.3) is 0 Å². The van der Waals surface area contributed by atoms with Crippen LogP contribution < -0.4 is 0 Å². The molecule has 27 heavy (non-hydrogen) atoms. The molecule has 3 aromatic rings. The van der Waals surface area contributed by atoms with Gasteiger partial charge in [0.15, 0.2) is 0 Å². The summed E-state index contributed by atoms with van der Waals surface area (Å²) in [7, 11) is 0. The molecule has 0 amide bonds. The van der Waals surface area contributed by atoms with Gasteiger partial charge in [-0.1, -0.05) is 18.2 Å². The number of alkyl halides is 6. The van der Waals surface area contributed by atoms with Crippen LogP contribution in [0.3, 0.4) is 0 Å². The zero-order chi connectivity index (χ0) is 20.0. The Morgan fingerprint density at radius 2 is 1.59 bits per heavy atom. The summed E-state index contributed by atoms with van der Waals surface area (Å²) in [5, 5.41) is -0.420. The molecule has 3 rings (SSSR count). The minimum Gasteiger partial charge on any atom is -0.411 e. The highest BCUT2D eigenvalue weighted by molar-refractivity contribution is 6.14. The number of carbonyl (C=O) groups excluding carboxylic acids is 1. The fraction of sp³-hybridized carbons (Fsp3) is 0.176. The van der Waals surface area contributed by atoms with E-state index in [1.54, 1.807) is 0 Å². The molecular weight excluding hydrogens is 383 g/mol. The molecular formula is C17H8F7NO2. The predicted octanol–water partition coefficient (Wildman–Crippen LogP) is 5.18. The number of carbonyl (C=O) groups is 1. The molecule has 2 aromatic carbocycles. The van der Waals surface area contributed by atoms with Crippen LogP contribution in [0, 0.1) is 5.82 Å². The number of hydrogen-bond acceptors (Lipinski definition) is 3. The van der Waals surface area contributed by atoms with Crippen molar-refractivity contribution in [3.05, 3.63) is 53.8 Å². The summed E-state index contributed by atoms with van der Waals surface area (Å²) in [5.41, 5.74) is -0.630. The van der Waals surface area contributed by atoms with Gasteiger partial charge in [-0.3, -0.25) is 0 Å². The third-order valence-corrected chi connectivity index (χ3v) is 3.75. The number of aromatic nitrogens is 1. The summed E-state index contributed by atoms with van der Waals surface area (Å²) in [6, 6.07) is 8.37. The second-order valence-electron chi connectivity index (χ2n) is 5.50. The Bertz CT molecular complexity index is 1030. The van der Waals surface area contributed by atoms with Crippen molar-refractivity contribution in [3.63, 3.8) is 0 Å². The summed E-state index contributed by atoms with van der Waals surface area (Å²) in [6.45, 7) is 0. The maximum atomic E-state index is 13.8. The van der Waals surface area contributed by atoms with Gasteiger partial charge >= 0.3 is 24.4 Å². The number of halogens is 7. The van der Waals surface area contributed by atoms with Gasteiger partial charge in [-0.2, -0.15) is 17.6 Å². The highest BCUT2D eigenvalue weighted by atomic mass is 19.4. The summed E-state index contributed by atoms with van der Waals surface area (Å²) in [4.78, 5) is 16.4. The molecule has 0 radical (unpaired) electrons. The van der Waals surface area contributed by atoms with Gasteiger partial charge in [-0.25, -0.2) is 22.9 Å². The van der Waals surface area contributed by atoms with Crippen LogP contribution in [0.1, 0.15) is 10.4 Å². The molecule has 0 saturated heterocycles. The molecule has 0 aliphatic carbocycles. The Kier molecular flexibility index (Phi) is 4.44. The molecule has 1 atom stereocenters. The van der Waals surface area contributed by atoms with E-state index in [1.807, 2.05) is 0 Å². The third kappa shape index (κ3) is 3.15. The van der Waals surface area contributed by atoms with E-state index < -0.39 is 35.8 Å². The first-order chi connectivity index (χ1) is 12.5. The van der Waals surface area contributed by atoms with Gasteiger partial charge in [0.2, 0.25) is 0 Å². The van der Waals surface area contributed by atoms with Crippen molar-refractivity contribution in [2.75, 3.05) is 0 Å². The molecule has 0 N–H and O–H groups in total. The number of hydrogen-bond donors (Lipinski definition) is 0. The monoisotopic (exact) mass is 391 g/mol. The summed E-state index contributed by atoms with van der Waals surface area (Å²) >= 11 is 0. The molecule has 0 fully saturated rings. The maximum absolute atomic E-state index is 13.8. The number of rotatable bonds is 3. The lowest BCUT2D eigenvalue weighted by Crippen LogP contribution is -2.51. The smallest absolute Gasteiger partial charge is 0.411 e. The number of benzene rings is 2. The molecule has 10 heteroatoms. The number of fused-ring (bicyclic) bond motifs is 2. The van der Waals surface area contributed by atoms with Crippen molar-refractivity contribution in [1.29, 1.82) is 0 Å². The van der Waals surface area contributed by atoms with Crippen LogP contribution in [0.2, 0.25) is 0 Å². The number of para-hydroxylation sites is 1. The van der Waals surface area contributed by atoms with Crippen LogP contribution in [0.5, 0.6) is 0 Å². The fourth-order valence-corrected chi connectivity index (χ4v) is 2.50. The maximum Gasteiger partial charge on any atom is 0.466 e. The fourth-order valence-electron chi connectivity index (χ4n) is 2.50. The van der Waals surface area contributed by atoms with E-state index in [-0.39, 0.29) is 21.8 Å². The first-order valence-electron chi connectivity index (χ1n) is 7.29. The Balaban J connectivity index is 2.25. The van der Waals surface area contributed by atoms with Gasteiger partial charge in [-0.15, -0.1) is 0 Å². The second-order valence-corrected chi connectivity index (χ2v) is 5.50. The van der Waals surface area contributed by atoms with Crippen LogP contribution in [0.15, 0.2) is 42.5 Å². The van der Waals surface area contributed by atoms with Crippen LogP contribution in [-0.4, -0.2) is 29.4 Å². The van der Waals surface area contributed by atoms with Gasteiger partial charge in [0, 0.05) is 10.8 Å². The Hall–Kier alpha value is -2.91. The third-order valence-electron chi connectivity index (χ3n) is 3.75. The van der Waals surface area contributed by atoms with Crippen molar-refractivity contribution in [2.24, 2.45) is 0 Å². The summed E-state index contributed by atoms with van der Waals surface area (Å²) in [6.07, 6.45) is -10.9. The molecule has 0 saturated carbocycles. The normalized spacial score (nSPS) is 14.5. The standard InChI is InChI=1S/C17H8F7NO2/c18-8-5-6-12-10(7-8)13(9-3-1-2-4-11(9)25-12)14(26)27-16(21,15(19)20)17(22,23)24/h1-7,15H. The van der Waals surface area contributed by atoms with Gasteiger partial charge in [0.05, 0.1) is 16.6 Å². The lowest BCUT2D eigenvalue weighted by atomic mass is 10.0. The van der Waals surface area contributed by atoms with E-state index in [0.717, 1.165) is 18.2 Å². The number of pyridine rings is 1. The number of nitrogens with zero attached hydrogens (tertiary/aromatic N) is 1. The van der Waals surface area contributed by atoms with Crippen LogP contribution in [0.4, 0.5) is 30.7 Å². The van der Waals surface area contributed by atoms with Crippen LogP contribution in [-0.2, 0) is 4.74 Å². The summed E-state index contributed by atoms with van der Waals surface area (Å²) < 4.78 is 94.5. The Morgan fingerprint density at radius 1 is 0.963 bits per heavy atom. The number of ether oxygens (including phenoxy) is 1. The Morgan fingerprint density at radius 3 is 2.22 bits per heavy atom. The van der Waals surface area contributed by atoms with E-state index in [0.29, 0.717) is 0 Å². The lowest BCUT2D eigenvalue weighted by Gasteiger charge is -2.26. The van der Waals surface area contributed by atoms with Crippen molar-refractivity contribution in [2.45, 2.75) is 18.5 Å². The van der Waals surface area contributed by atoms with Crippen molar-refractivity contribution >= 4 is 27.8 Å². The molecule has 1 unspecified atom stereocenters. The van der Waals surface area contributed by atoms with E-state index >= 15 is 0 Å². The highest BCUT2D eigenvalue weighted by Crippen LogP contribution is 2.41. The largest absolute Gasteiger partial charge is 0.466 e. The van der Waals surface area contributed by atoms with Crippen LogP contribution in [0.25, 0.3) is 21.8 Å². The molecule has 0 aliphatic heterocycles. The van der Waals surface area contributed by atoms with Gasteiger partial charge in [-0.05, 0) is 24.3 Å². The van der Waals surface area contributed by atoms with Crippen molar-refractivity contribution in [3.8, 4) is 0 Å². The minimum absolute atomic E-state index is 0.0180. The first-order valence-corrected chi connectivity index (χ1v) is 7.29. The first kappa shape index (κ1) is 18.9. The average Bonchev–Trinajstić information content (AvgIpc) is 2.58. The SMILES string of the molecule is O=C(OC(F)(C(F)F)C(F)(F)F)c1c2ccccc2nc2ccc(F)cc12. The van der Waals surface area contributed by atoms with Crippen molar-refractivity contribution < 1.29 is 40.3 Å². The summed E-state index contributed by atoms with van der Waals surface area (Å²) in [5.74, 6) is -8.41. The predicted molar refractivity (Wildman–Crippen MR) is 80.5 cm³/mol. The van der Waals surface area contributed by atoms with Crippen molar-refractivity contribution in [1.82, 2.24) is 4.98 Å². The van der Waals surface area contributed by atoms with Gasteiger partial charge < -0.3 is 4.74 Å². The molecule has 1 heterocycles. The van der Waals surface area contributed by atoms with E-state index in [9.17, 15) is 35.5 Å². The molecule has 1 aromatic heterocycles. The zero-order valence-electron chi connectivity index (χ0n) is 13.0. The molecule has 0 bridgehead atoms. The van der Waals surface area contributed by atoms with Crippen LogP contribution >= 0.6 is 0 Å². The number of esters is 1. The second kappa shape index (κ2) is 6.36. The average molecular weight is 391 g/mol. The van der Waals surface area contributed by atoms with E-state index in [4.69, 9.17) is 0 Å².